The SMILES string of the molecule is COc1ccccc1-n1cc(/C=C(\C#N)C(=O)O)c2ccccc21. The number of aromatic nitrogens is 1. The van der Waals surface area contributed by atoms with Gasteiger partial charge >= 0.3 is 5.97 Å². The van der Waals surface area contributed by atoms with E-state index in [0.717, 1.165) is 16.6 Å². The molecule has 0 atom stereocenters. The van der Waals surface area contributed by atoms with Gasteiger partial charge in [0.1, 0.15) is 17.4 Å². The molecule has 0 aliphatic carbocycles. The lowest BCUT2D eigenvalue weighted by molar-refractivity contribution is -0.132. The summed E-state index contributed by atoms with van der Waals surface area (Å²) in [5.74, 6) is -0.542. The van der Waals surface area contributed by atoms with Crippen molar-refractivity contribution >= 4 is 22.9 Å². The smallest absolute Gasteiger partial charge is 0.346 e. The molecule has 0 saturated heterocycles. The fourth-order valence-electron chi connectivity index (χ4n) is 2.65. The molecule has 0 bridgehead atoms. The lowest BCUT2D eigenvalue weighted by atomic mass is 10.1. The quantitative estimate of drug-likeness (QED) is 0.589. The van der Waals surface area contributed by atoms with Crippen molar-refractivity contribution in [2.75, 3.05) is 7.11 Å². The highest BCUT2D eigenvalue weighted by Crippen LogP contribution is 2.30. The number of hydrogen-bond acceptors (Lipinski definition) is 3. The van der Waals surface area contributed by atoms with Crippen LogP contribution in [0.25, 0.3) is 22.7 Å². The highest BCUT2D eigenvalue weighted by molar-refractivity contribution is 6.00. The Morgan fingerprint density at radius 3 is 2.62 bits per heavy atom. The van der Waals surface area contributed by atoms with Crippen LogP contribution in [0.3, 0.4) is 0 Å². The van der Waals surface area contributed by atoms with Crippen LogP contribution in [0, 0.1) is 11.3 Å². The Labute approximate surface area is 138 Å². The van der Waals surface area contributed by atoms with Crippen LogP contribution in [0.2, 0.25) is 0 Å². The summed E-state index contributed by atoms with van der Waals surface area (Å²) < 4.78 is 7.34. The van der Waals surface area contributed by atoms with Crippen molar-refractivity contribution in [1.82, 2.24) is 4.57 Å². The second kappa shape index (κ2) is 6.31. The van der Waals surface area contributed by atoms with Gasteiger partial charge in [-0.25, -0.2) is 4.79 Å². The average Bonchev–Trinajstić information content (AvgIpc) is 2.98. The number of carboxylic acids is 1. The van der Waals surface area contributed by atoms with Crippen LogP contribution in [0.1, 0.15) is 5.56 Å². The van der Waals surface area contributed by atoms with Crippen LogP contribution in [0.4, 0.5) is 0 Å². The number of fused-ring (bicyclic) bond motifs is 1. The molecule has 2 aromatic carbocycles. The molecule has 0 fully saturated rings. The minimum absolute atomic E-state index is 0.307. The molecule has 1 aromatic heterocycles. The Hall–Kier alpha value is -3.52. The van der Waals surface area contributed by atoms with E-state index < -0.39 is 5.97 Å². The fourth-order valence-corrected chi connectivity index (χ4v) is 2.65. The van der Waals surface area contributed by atoms with Gasteiger partial charge in [0.25, 0.3) is 0 Å². The normalized spacial score (nSPS) is 11.2. The summed E-state index contributed by atoms with van der Waals surface area (Å²) in [4.78, 5) is 11.1. The molecule has 0 spiro atoms. The Kier molecular flexibility index (Phi) is 4.04. The second-order valence-electron chi connectivity index (χ2n) is 5.12. The van der Waals surface area contributed by atoms with Gasteiger partial charge in [0.05, 0.1) is 18.3 Å². The minimum atomic E-state index is -1.24. The molecular formula is C19H14N2O3. The van der Waals surface area contributed by atoms with E-state index in [1.54, 1.807) is 13.2 Å². The van der Waals surface area contributed by atoms with E-state index in [9.17, 15) is 4.79 Å². The number of methoxy groups -OCH3 is 1. The van der Waals surface area contributed by atoms with Crippen molar-refractivity contribution in [2.45, 2.75) is 0 Å². The predicted molar refractivity (Wildman–Crippen MR) is 91.1 cm³/mol. The number of carbonyl (C=O) groups is 1. The third-order valence-corrected chi connectivity index (χ3v) is 3.74. The zero-order valence-corrected chi connectivity index (χ0v) is 12.9. The standard InChI is InChI=1S/C19H14N2O3/c1-24-18-9-5-4-8-17(18)21-12-14(10-13(11-20)19(22)23)15-6-2-3-7-16(15)21/h2-10,12H,1H3,(H,22,23)/b13-10+. The van der Waals surface area contributed by atoms with Crippen LogP contribution in [0.15, 0.2) is 60.3 Å². The van der Waals surface area contributed by atoms with Crippen LogP contribution in [-0.4, -0.2) is 22.8 Å². The molecule has 5 heteroatoms. The third-order valence-electron chi connectivity index (χ3n) is 3.74. The summed E-state index contributed by atoms with van der Waals surface area (Å²) >= 11 is 0. The van der Waals surface area contributed by atoms with Crippen molar-refractivity contribution in [2.24, 2.45) is 0 Å². The van der Waals surface area contributed by atoms with Gasteiger partial charge in [-0.2, -0.15) is 5.26 Å². The first-order valence-electron chi connectivity index (χ1n) is 7.24. The van der Waals surface area contributed by atoms with Crippen molar-refractivity contribution in [3.05, 3.63) is 65.9 Å². The summed E-state index contributed by atoms with van der Waals surface area (Å²) in [5.41, 5.74) is 2.09. The maximum absolute atomic E-state index is 11.1. The zero-order chi connectivity index (χ0) is 17.1. The molecule has 5 nitrogen and oxygen atoms in total. The van der Waals surface area contributed by atoms with E-state index in [1.165, 1.54) is 6.08 Å². The van der Waals surface area contributed by atoms with Crippen molar-refractivity contribution in [3.63, 3.8) is 0 Å². The van der Waals surface area contributed by atoms with Gasteiger partial charge < -0.3 is 14.4 Å². The summed E-state index contributed by atoms with van der Waals surface area (Å²) in [7, 11) is 1.60. The van der Waals surface area contributed by atoms with Gasteiger partial charge in [-0.1, -0.05) is 30.3 Å². The Morgan fingerprint density at radius 2 is 1.92 bits per heavy atom. The van der Waals surface area contributed by atoms with E-state index in [0.29, 0.717) is 11.3 Å². The molecular weight excluding hydrogens is 304 g/mol. The Morgan fingerprint density at radius 1 is 1.21 bits per heavy atom. The lowest BCUT2D eigenvalue weighted by Gasteiger charge is -2.10. The van der Waals surface area contributed by atoms with Crippen molar-refractivity contribution in [1.29, 1.82) is 5.26 Å². The largest absolute Gasteiger partial charge is 0.495 e. The van der Waals surface area contributed by atoms with E-state index in [-0.39, 0.29) is 5.57 Å². The number of nitrogens with zero attached hydrogens (tertiary/aromatic N) is 2. The predicted octanol–water partition coefficient (Wildman–Crippen LogP) is 3.63. The van der Waals surface area contributed by atoms with E-state index in [4.69, 9.17) is 15.1 Å². The van der Waals surface area contributed by atoms with Crippen LogP contribution in [0.5, 0.6) is 5.75 Å². The maximum Gasteiger partial charge on any atom is 0.346 e. The monoisotopic (exact) mass is 318 g/mol. The molecule has 118 valence electrons. The molecule has 0 aliphatic rings. The molecule has 1 heterocycles. The first kappa shape index (κ1) is 15.4. The third kappa shape index (κ3) is 2.61. The number of ether oxygens (including phenoxy) is 1. The second-order valence-corrected chi connectivity index (χ2v) is 5.12. The van der Waals surface area contributed by atoms with Gasteiger partial charge in [0, 0.05) is 17.1 Å². The summed E-state index contributed by atoms with van der Waals surface area (Å²) in [6.45, 7) is 0. The van der Waals surface area contributed by atoms with Crippen LogP contribution < -0.4 is 4.74 Å². The molecule has 0 amide bonds. The Bertz CT molecular complexity index is 993. The number of carboxylic acid groups (broad SMARTS) is 1. The van der Waals surface area contributed by atoms with Gasteiger partial charge in [0.2, 0.25) is 0 Å². The van der Waals surface area contributed by atoms with Gasteiger partial charge in [-0.3, -0.25) is 0 Å². The lowest BCUT2D eigenvalue weighted by Crippen LogP contribution is -1.97. The van der Waals surface area contributed by atoms with Gasteiger partial charge in [0.15, 0.2) is 0 Å². The van der Waals surface area contributed by atoms with Crippen molar-refractivity contribution in [3.8, 4) is 17.5 Å². The van der Waals surface area contributed by atoms with E-state index in [2.05, 4.69) is 0 Å². The van der Waals surface area contributed by atoms with E-state index >= 15 is 0 Å². The molecule has 0 aliphatic heterocycles. The molecule has 0 radical (unpaired) electrons. The average molecular weight is 318 g/mol. The van der Waals surface area contributed by atoms with Gasteiger partial charge in [-0.15, -0.1) is 0 Å². The van der Waals surface area contributed by atoms with Gasteiger partial charge in [-0.05, 0) is 24.3 Å². The fraction of sp³-hybridized carbons (Fsp3) is 0.0526. The number of benzene rings is 2. The highest BCUT2D eigenvalue weighted by atomic mass is 16.5. The molecule has 0 unspecified atom stereocenters. The summed E-state index contributed by atoms with van der Waals surface area (Å²) in [6.07, 6.45) is 3.19. The zero-order valence-electron chi connectivity index (χ0n) is 12.9. The van der Waals surface area contributed by atoms with Crippen LogP contribution >= 0.6 is 0 Å². The topological polar surface area (TPSA) is 75.2 Å². The molecule has 24 heavy (non-hydrogen) atoms. The first-order chi connectivity index (χ1) is 11.7. The molecule has 3 aromatic rings. The number of rotatable bonds is 4. The van der Waals surface area contributed by atoms with E-state index in [1.807, 2.05) is 59.3 Å². The minimum Gasteiger partial charge on any atom is -0.495 e. The number of aliphatic carboxylic acids is 1. The molecule has 0 saturated carbocycles. The first-order valence-corrected chi connectivity index (χ1v) is 7.24. The Balaban J connectivity index is 2.29. The number of hydrogen-bond donors (Lipinski definition) is 1. The summed E-state index contributed by atoms with van der Waals surface area (Å²) in [6, 6.07) is 16.9. The van der Waals surface area contributed by atoms with Crippen molar-refractivity contribution < 1.29 is 14.6 Å². The maximum atomic E-state index is 11.1. The molecule has 1 N–H and O–H groups in total. The number of para-hydroxylation sites is 3. The highest BCUT2D eigenvalue weighted by Gasteiger charge is 2.13. The number of nitriles is 1. The summed E-state index contributed by atoms with van der Waals surface area (Å²) in [5, 5.41) is 19.0. The van der Waals surface area contributed by atoms with Crippen LogP contribution in [-0.2, 0) is 4.79 Å². The molecule has 3 rings (SSSR count).